The van der Waals surface area contributed by atoms with Crippen LogP contribution in [0, 0.1) is 11.6 Å². The standard InChI is InChI=1S/C28H30F2N2OS/c29-24-10-6-22(7-11-24)28(23-8-12-25(30)13-9-23)34-19-18-32-16-14-26(15-17-32)31-27(33)20-21-4-2-1-3-5-21/h1-13,26,28H,14-20H2,(H,31,33). The summed E-state index contributed by atoms with van der Waals surface area (Å²) in [5.74, 6) is 0.474. The first-order chi connectivity index (χ1) is 16.6. The average Bonchev–Trinajstić information content (AvgIpc) is 2.85. The molecule has 3 aromatic rings. The van der Waals surface area contributed by atoms with Crippen molar-refractivity contribution in [1.29, 1.82) is 0 Å². The molecule has 3 aromatic carbocycles. The zero-order valence-corrected chi connectivity index (χ0v) is 19.9. The van der Waals surface area contributed by atoms with Gasteiger partial charge in [0.05, 0.1) is 11.7 Å². The molecule has 0 radical (unpaired) electrons. The van der Waals surface area contributed by atoms with Crippen molar-refractivity contribution >= 4 is 17.7 Å². The molecular weight excluding hydrogens is 450 g/mol. The van der Waals surface area contributed by atoms with Crippen LogP contribution in [0.2, 0.25) is 0 Å². The van der Waals surface area contributed by atoms with Crippen LogP contribution in [0.1, 0.15) is 34.8 Å². The fourth-order valence-electron chi connectivity index (χ4n) is 4.32. The van der Waals surface area contributed by atoms with Crippen molar-refractivity contribution in [1.82, 2.24) is 10.2 Å². The summed E-state index contributed by atoms with van der Waals surface area (Å²) in [6.07, 6.45) is 2.32. The Balaban J connectivity index is 1.24. The number of thioether (sulfide) groups is 1. The number of hydrogen-bond acceptors (Lipinski definition) is 3. The van der Waals surface area contributed by atoms with Gasteiger partial charge in [0.1, 0.15) is 11.6 Å². The van der Waals surface area contributed by atoms with E-state index in [-0.39, 0.29) is 28.8 Å². The number of amides is 1. The number of nitrogens with zero attached hydrogens (tertiary/aromatic N) is 1. The van der Waals surface area contributed by atoms with Crippen molar-refractivity contribution in [2.45, 2.75) is 30.6 Å². The van der Waals surface area contributed by atoms with Crippen LogP contribution in [0.15, 0.2) is 78.9 Å². The van der Waals surface area contributed by atoms with E-state index in [1.807, 2.05) is 30.3 Å². The highest BCUT2D eigenvalue weighted by Crippen LogP contribution is 2.36. The van der Waals surface area contributed by atoms with Crippen LogP contribution >= 0.6 is 11.8 Å². The van der Waals surface area contributed by atoms with Crippen molar-refractivity contribution < 1.29 is 13.6 Å². The third-order valence-electron chi connectivity index (χ3n) is 6.20. The van der Waals surface area contributed by atoms with Gasteiger partial charge in [-0.2, -0.15) is 0 Å². The van der Waals surface area contributed by atoms with Crippen LogP contribution in [0.4, 0.5) is 8.78 Å². The van der Waals surface area contributed by atoms with Crippen molar-refractivity contribution in [3.63, 3.8) is 0 Å². The topological polar surface area (TPSA) is 32.3 Å². The van der Waals surface area contributed by atoms with Gasteiger partial charge in [0.2, 0.25) is 5.91 Å². The first-order valence-corrected chi connectivity index (χ1v) is 12.8. The smallest absolute Gasteiger partial charge is 0.224 e. The molecule has 0 saturated carbocycles. The van der Waals surface area contributed by atoms with Gasteiger partial charge < -0.3 is 10.2 Å². The molecule has 0 atom stereocenters. The molecule has 4 rings (SSSR count). The van der Waals surface area contributed by atoms with Crippen molar-refractivity contribution in [2.24, 2.45) is 0 Å². The van der Waals surface area contributed by atoms with E-state index in [0.717, 1.165) is 54.9 Å². The molecule has 1 aliphatic heterocycles. The second kappa shape index (κ2) is 12.1. The van der Waals surface area contributed by atoms with Crippen LogP contribution in [-0.2, 0) is 11.2 Å². The number of nitrogens with one attached hydrogen (secondary N) is 1. The normalized spacial score (nSPS) is 14.9. The van der Waals surface area contributed by atoms with Gasteiger partial charge in [-0.3, -0.25) is 4.79 Å². The lowest BCUT2D eigenvalue weighted by atomic mass is 10.0. The Morgan fingerprint density at radius 1 is 0.882 bits per heavy atom. The third-order valence-corrected chi connectivity index (χ3v) is 7.49. The predicted octanol–water partition coefficient (Wildman–Crippen LogP) is 5.61. The van der Waals surface area contributed by atoms with Gasteiger partial charge in [0.15, 0.2) is 0 Å². The van der Waals surface area contributed by atoms with E-state index in [0.29, 0.717) is 6.42 Å². The Labute approximate surface area is 204 Å². The molecule has 0 aliphatic carbocycles. The maximum atomic E-state index is 13.4. The molecule has 0 aromatic heterocycles. The fraction of sp³-hybridized carbons (Fsp3) is 0.321. The van der Waals surface area contributed by atoms with E-state index in [2.05, 4.69) is 10.2 Å². The summed E-state index contributed by atoms with van der Waals surface area (Å²) in [7, 11) is 0. The minimum Gasteiger partial charge on any atom is -0.353 e. The maximum absolute atomic E-state index is 13.4. The second-order valence-corrected chi connectivity index (χ2v) is 9.91. The van der Waals surface area contributed by atoms with E-state index in [1.54, 1.807) is 36.0 Å². The summed E-state index contributed by atoms with van der Waals surface area (Å²) >= 11 is 1.79. The SMILES string of the molecule is O=C(Cc1ccccc1)NC1CCN(CCSC(c2ccc(F)cc2)c2ccc(F)cc2)CC1. The van der Waals surface area contributed by atoms with Crippen LogP contribution < -0.4 is 5.32 Å². The number of carbonyl (C=O) groups is 1. The molecule has 1 N–H and O–H groups in total. The number of rotatable bonds is 9. The van der Waals surface area contributed by atoms with Crippen LogP contribution in [0.3, 0.4) is 0 Å². The molecule has 3 nitrogen and oxygen atoms in total. The fourth-order valence-corrected chi connectivity index (χ4v) is 5.62. The lowest BCUT2D eigenvalue weighted by Gasteiger charge is -2.32. The highest BCUT2D eigenvalue weighted by atomic mass is 32.2. The Kier molecular flexibility index (Phi) is 8.72. The van der Waals surface area contributed by atoms with Gasteiger partial charge in [0, 0.05) is 31.4 Å². The molecular formula is C28H30F2N2OS. The molecule has 0 unspecified atom stereocenters. The van der Waals surface area contributed by atoms with Gasteiger partial charge in [0.25, 0.3) is 0 Å². The van der Waals surface area contributed by atoms with E-state index < -0.39 is 0 Å². The Morgan fingerprint density at radius 3 is 2.00 bits per heavy atom. The molecule has 1 heterocycles. The number of piperidine rings is 1. The highest BCUT2D eigenvalue weighted by molar-refractivity contribution is 7.99. The van der Waals surface area contributed by atoms with Crippen LogP contribution in [0.25, 0.3) is 0 Å². The Bertz CT molecular complexity index is 991. The number of hydrogen-bond donors (Lipinski definition) is 1. The largest absolute Gasteiger partial charge is 0.353 e. The Morgan fingerprint density at radius 2 is 1.44 bits per heavy atom. The first kappa shape index (κ1) is 24.4. The van der Waals surface area contributed by atoms with Crippen molar-refractivity contribution in [2.75, 3.05) is 25.4 Å². The van der Waals surface area contributed by atoms with Gasteiger partial charge >= 0.3 is 0 Å². The van der Waals surface area contributed by atoms with Gasteiger partial charge in [-0.1, -0.05) is 54.6 Å². The number of benzene rings is 3. The minimum absolute atomic E-state index is 0.0241. The lowest BCUT2D eigenvalue weighted by Crippen LogP contribution is -2.45. The molecule has 6 heteroatoms. The molecule has 34 heavy (non-hydrogen) atoms. The molecule has 1 aliphatic rings. The van der Waals surface area contributed by atoms with E-state index in [9.17, 15) is 13.6 Å². The quantitative estimate of drug-likeness (QED) is 0.432. The summed E-state index contributed by atoms with van der Waals surface area (Å²) in [6, 6.07) is 23.2. The molecule has 1 saturated heterocycles. The van der Waals surface area contributed by atoms with Crippen LogP contribution in [0.5, 0.6) is 0 Å². The molecule has 1 fully saturated rings. The summed E-state index contributed by atoms with van der Waals surface area (Å²) in [5.41, 5.74) is 3.06. The summed E-state index contributed by atoms with van der Waals surface area (Å²) < 4.78 is 26.9. The first-order valence-electron chi connectivity index (χ1n) is 11.7. The van der Waals surface area contributed by atoms with Crippen molar-refractivity contribution in [3.8, 4) is 0 Å². The van der Waals surface area contributed by atoms with Crippen LogP contribution in [-0.4, -0.2) is 42.2 Å². The number of likely N-dealkylation sites (tertiary alicyclic amines) is 1. The van der Waals surface area contributed by atoms with E-state index in [1.165, 1.54) is 24.3 Å². The van der Waals surface area contributed by atoms with Gasteiger partial charge in [-0.05, 0) is 53.8 Å². The third kappa shape index (κ3) is 7.15. The zero-order valence-electron chi connectivity index (χ0n) is 19.1. The van der Waals surface area contributed by atoms with E-state index >= 15 is 0 Å². The average molecular weight is 481 g/mol. The Hall–Kier alpha value is -2.70. The maximum Gasteiger partial charge on any atom is 0.224 e. The number of carbonyl (C=O) groups excluding carboxylic acids is 1. The van der Waals surface area contributed by atoms with Gasteiger partial charge in [-0.15, -0.1) is 11.8 Å². The monoisotopic (exact) mass is 480 g/mol. The molecule has 1 amide bonds. The molecule has 0 spiro atoms. The molecule has 178 valence electrons. The van der Waals surface area contributed by atoms with Gasteiger partial charge in [-0.25, -0.2) is 8.78 Å². The van der Waals surface area contributed by atoms with E-state index in [4.69, 9.17) is 0 Å². The van der Waals surface area contributed by atoms with Crippen molar-refractivity contribution in [3.05, 3.63) is 107 Å². The number of halogens is 2. The zero-order chi connectivity index (χ0) is 23.8. The summed E-state index contributed by atoms with van der Waals surface area (Å²) in [4.78, 5) is 14.8. The highest BCUT2D eigenvalue weighted by Gasteiger charge is 2.21. The lowest BCUT2D eigenvalue weighted by molar-refractivity contribution is -0.121. The predicted molar refractivity (Wildman–Crippen MR) is 135 cm³/mol. The molecule has 0 bridgehead atoms. The second-order valence-electron chi connectivity index (χ2n) is 8.70. The summed E-state index contributed by atoms with van der Waals surface area (Å²) in [6.45, 7) is 2.84. The summed E-state index contributed by atoms with van der Waals surface area (Å²) in [5, 5.41) is 3.21. The minimum atomic E-state index is -0.259.